The first-order chi connectivity index (χ1) is 15.5. The number of carbonyl (C=O) groups excluding carboxylic acids is 2. The molecule has 32 heavy (non-hydrogen) atoms. The zero-order chi connectivity index (χ0) is 22.5. The lowest BCUT2D eigenvalue weighted by molar-refractivity contribution is -0.139. The Morgan fingerprint density at radius 3 is 2.75 bits per heavy atom. The fourth-order valence-corrected chi connectivity index (χ4v) is 4.27. The Bertz CT molecular complexity index is 1100. The maximum Gasteiger partial charge on any atom is 0.243 e. The molecular weight excluding hydrogens is 402 g/mol. The van der Waals surface area contributed by atoms with Crippen molar-refractivity contribution in [1.29, 1.82) is 0 Å². The summed E-state index contributed by atoms with van der Waals surface area (Å²) < 4.78 is 0. The van der Waals surface area contributed by atoms with Crippen LogP contribution in [-0.4, -0.2) is 40.3 Å². The molecule has 1 aromatic heterocycles. The molecule has 0 aliphatic carbocycles. The second kappa shape index (κ2) is 9.78. The van der Waals surface area contributed by atoms with E-state index in [1.54, 1.807) is 11.1 Å². The minimum atomic E-state index is -0.608. The van der Waals surface area contributed by atoms with Crippen molar-refractivity contribution >= 4 is 28.4 Å². The second-order valence-corrected chi connectivity index (χ2v) is 8.29. The van der Waals surface area contributed by atoms with Crippen LogP contribution in [0.4, 0.5) is 5.82 Å². The third-order valence-corrected chi connectivity index (χ3v) is 6.07. The quantitative estimate of drug-likeness (QED) is 0.531. The Labute approximate surface area is 187 Å². The number of rotatable bonds is 7. The van der Waals surface area contributed by atoms with Crippen molar-refractivity contribution in [2.75, 3.05) is 12.3 Å². The van der Waals surface area contributed by atoms with E-state index in [9.17, 15) is 9.59 Å². The number of aromatic nitrogens is 1. The number of nitrogen functional groups attached to an aromatic ring is 1. The lowest BCUT2D eigenvalue weighted by Crippen LogP contribution is -2.51. The number of nitrogens with zero attached hydrogens (tertiary/aromatic N) is 2. The molecule has 0 bridgehead atoms. The number of nitrogens with two attached hydrogens (primary N) is 2. The molecule has 7 nitrogen and oxygen atoms in total. The summed E-state index contributed by atoms with van der Waals surface area (Å²) in [4.78, 5) is 31.6. The topological polar surface area (TPSA) is 114 Å². The first-order valence-corrected chi connectivity index (χ1v) is 11.0. The number of aryl methyl sites for hydroxylation is 1. The molecule has 4 rings (SSSR count). The van der Waals surface area contributed by atoms with E-state index in [-0.39, 0.29) is 11.8 Å². The summed E-state index contributed by atoms with van der Waals surface area (Å²) in [6.07, 6.45) is 4.42. The molecule has 2 heterocycles. The Kier molecular flexibility index (Phi) is 6.66. The van der Waals surface area contributed by atoms with Gasteiger partial charge in [0.1, 0.15) is 11.9 Å². The first-order valence-electron chi connectivity index (χ1n) is 11.0. The summed E-state index contributed by atoms with van der Waals surface area (Å²) in [6.45, 7) is 0.952. The largest absolute Gasteiger partial charge is 0.383 e. The average molecular weight is 432 g/mol. The van der Waals surface area contributed by atoms with E-state index >= 15 is 0 Å². The average Bonchev–Trinajstić information content (AvgIpc) is 3.31. The van der Waals surface area contributed by atoms with Gasteiger partial charge in [0.05, 0.1) is 6.04 Å². The number of hydrogen-bond acceptors (Lipinski definition) is 5. The van der Waals surface area contributed by atoms with Crippen LogP contribution >= 0.6 is 0 Å². The van der Waals surface area contributed by atoms with E-state index in [0.29, 0.717) is 31.7 Å². The van der Waals surface area contributed by atoms with Gasteiger partial charge in [-0.05, 0) is 54.3 Å². The van der Waals surface area contributed by atoms with Crippen molar-refractivity contribution in [2.45, 2.75) is 44.3 Å². The van der Waals surface area contributed by atoms with Gasteiger partial charge in [0, 0.05) is 24.7 Å². The number of carbonyl (C=O) groups is 2. The van der Waals surface area contributed by atoms with Gasteiger partial charge in [-0.15, -0.1) is 0 Å². The highest BCUT2D eigenvalue weighted by Crippen LogP contribution is 2.21. The zero-order valence-electron chi connectivity index (χ0n) is 18.0. The molecule has 2 amide bonds. The number of pyridine rings is 1. The highest BCUT2D eigenvalue weighted by molar-refractivity contribution is 5.92. The van der Waals surface area contributed by atoms with Gasteiger partial charge in [0.25, 0.3) is 0 Å². The van der Waals surface area contributed by atoms with E-state index in [1.807, 2.05) is 54.6 Å². The molecule has 2 aromatic carbocycles. The van der Waals surface area contributed by atoms with Gasteiger partial charge in [0.2, 0.25) is 11.8 Å². The van der Waals surface area contributed by atoms with Gasteiger partial charge < -0.3 is 21.7 Å². The van der Waals surface area contributed by atoms with Gasteiger partial charge >= 0.3 is 0 Å². The normalized spacial score (nSPS) is 16.8. The number of likely N-dealkylation sites (tertiary alicyclic amines) is 1. The molecule has 1 saturated heterocycles. The molecule has 5 N–H and O–H groups in total. The highest BCUT2D eigenvalue weighted by Gasteiger charge is 2.35. The van der Waals surface area contributed by atoms with Crippen LogP contribution in [0.5, 0.6) is 0 Å². The standard InChI is InChI=1S/C25H29N5O2/c26-21(11-9-17-5-2-1-3-6-17)25(32)30-14-4-7-22(30)24(31)29-16-18-8-10-20-19(15-18)12-13-28-23(20)27/h1-3,5-6,8,10,12-13,15,21-22H,4,7,9,11,14,16,26H2,(H2,27,28)(H,29,31). The highest BCUT2D eigenvalue weighted by atomic mass is 16.2. The lowest BCUT2D eigenvalue weighted by atomic mass is 10.0. The minimum Gasteiger partial charge on any atom is -0.383 e. The Morgan fingerprint density at radius 1 is 1.12 bits per heavy atom. The smallest absolute Gasteiger partial charge is 0.243 e. The number of amides is 2. The third-order valence-electron chi connectivity index (χ3n) is 6.07. The van der Waals surface area contributed by atoms with Crippen molar-refractivity contribution in [1.82, 2.24) is 15.2 Å². The summed E-state index contributed by atoms with van der Waals surface area (Å²) in [5.41, 5.74) is 14.2. The fraction of sp³-hybridized carbons (Fsp3) is 0.320. The third kappa shape index (κ3) is 4.89. The molecule has 2 unspecified atom stereocenters. The molecule has 0 saturated carbocycles. The van der Waals surface area contributed by atoms with Crippen LogP contribution in [0.25, 0.3) is 10.8 Å². The van der Waals surface area contributed by atoms with Crippen LogP contribution in [0.1, 0.15) is 30.4 Å². The summed E-state index contributed by atoms with van der Waals surface area (Å²) in [7, 11) is 0. The number of anilines is 1. The van der Waals surface area contributed by atoms with E-state index in [4.69, 9.17) is 11.5 Å². The lowest BCUT2D eigenvalue weighted by Gasteiger charge is -2.26. The van der Waals surface area contributed by atoms with E-state index in [2.05, 4.69) is 10.3 Å². The van der Waals surface area contributed by atoms with Crippen molar-refractivity contribution in [3.8, 4) is 0 Å². The first kappa shape index (κ1) is 21.8. The van der Waals surface area contributed by atoms with Gasteiger partial charge in [0.15, 0.2) is 0 Å². The molecular formula is C25H29N5O2. The minimum absolute atomic E-state index is 0.138. The number of benzene rings is 2. The molecule has 0 spiro atoms. The predicted octanol–water partition coefficient (Wildman–Crippen LogP) is 2.38. The van der Waals surface area contributed by atoms with Crippen molar-refractivity contribution < 1.29 is 9.59 Å². The number of hydrogen-bond donors (Lipinski definition) is 3. The summed E-state index contributed by atoms with van der Waals surface area (Å²) in [5, 5.41) is 4.85. The molecule has 1 fully saturated rings. The van der Waals surface area contributed by atoms with Gasteiger partial charge in [-0.25, -0.2) is 4.98 Å². The number of fused-ring (bicyclic) bond motifs is 1. The molecule has 1 aliphatic heterocycles. The Balaban J connectivity index is 1.34. The summed E-state index contributed by atoms with van der Waals surface area (Å²) in [6, 6.07) is 16.6. The predicted molar refractivity (Wildman–Crippen MR) is 125 cm³/mol. The molecule has 7 heteroatoms. The zero-order valence-corrected chi connectivity index (χ0v) is 18.0. The number of nitrogens with one attached hydrogen (secondary N) is 1. The van der Waals surface area contributed by atoms with Gasteiger partial charge in [-0.3, -0.25) is 9.59 Å². The van der Waals surface area contributed by atoms with Gasteiger partial charge in [-0.2, -0.15) is 0 Å². The van der Waals surface area contributed by atoms with E-state index in [0.717, 1.165) is 34.7 Å². The van der Waals surface area contributed by atoms with Crippen LogP contribution in [0.3, 0.4) is 0 Å². The monoisotopic (exact) mass is 431 g/mol. The fourth-order valence-electron chi connectivity index (χ4n) is 4.27. The molecule has 166 valence electrons. The van der Waals surface area contributed by atoms with Crippen LogP contribution in [0, 0.1) is 0 Å². The van der Waals surface area contributed by atoms with Crippen molar-refractivity contribution in [3.63, 3.8) is 0 Å². The van der Waals surface area contributed by atoms with Gasteiger partial charge in [-0.1, -0.05) is 42.5 Å². The molecule has 0 radical (unpaired) electrons. The SMILES string of the molecule is Nc1nccc2cc(CNC(=O)C3CCCN3C(=O)C(N)CCc3ccccc3)ccc12. The van der Waals surface area contributed by atoms with Crippen LogP contribution < -0.4 is 16.8 Å². The van der Waals surface area contributed by atoms with Crippen LogP contribution in [0.2, 0.25) is 0 Å². The van der Waals surface area contributed by atoms with E-state index in [1.165, 1.54) is 0 Å². The van der Waals surface area contributed by atoms with Crippen molar-refractivity contribution in [2.24, 2.45) is 5.73 Å². The summed E-state index contributed by atoms with van der Waals surface area (Å²) in [5.74, 6) is 0.203. The molecule has 2 atom stereocenters. The molecule has 1 aliphatic rings. The Morgan fingerprint density at radius 2 is 1.94 bits per heavy atom. The van der Waals surface area contributed by atoms with Crippen LogP contribution in [-0.2, 0) is 22.6 Å². The van der Waals surface area contributed by atoms with E-state index < -0.39 is 12.1 Å². The van der Waals surface area contributed by atoms with Crippen LogP contribution in [0.15, 0.2) is 60.8 Å². The van der Waals surface area contributed by atoms with Crippen molar-refractivity contribution in [3.05, 3.63) is 71.9 Å². The maximum absolute atomic E-state index is 12.9. The summed E-state index contributed by atoms with van der Waals surface area (Å²) >= 11 is 0. The maximum atomic E-state index is 12.9. The second-order valence-electron chi connectivity index (χ2n) is 8.29. The molecule has 3 aromatic rings. The Hall–Kier alpha value is -3.45.